The lowest BCUT2D eigenvalue weighted by atomic mass is 9.95. The lowest BCUT2D eigenvalue weighted by Gasteiger charge is -2.24. The summed E-state index contributed by atoms with van der Waals surface area (Å²) in [5.41, 5.74) is 3.59. The molecule has 0 N–H and O–H groups in total. The second-order valence-electron chi connectivity index (χ2n) is 5.26. The Hall–Kier alpha value is -1.06. The monoisotopic (exact) mass is 265 g/mol. The molecule has 0 unspecified atom stereocenters. The Morgan fingerprint density at radius 2 is 1.26 bits per heavy atom. The van der Waals surface area contributed by atoms with Gasteiger partial charge in [0, 0.05) is 0 Å². The maximum atomic E-state index is 5.55. The van der Waals surface area contributed by atoms with Crippen molar-refractivity contribution < 1.29 is 9.68 Å². The zero-order chi connectivity index (χ0) is 14.4. The third kappa shape index (κ3) is 4.51. The smallest absolute Gasteiger partial charge is 0.0953 e. The quantitative estimate of drug-likeness (QED) is 0.670. The highest BCUT2D eigenvalue weighted by Gasteiger charge is 2.13. The van der Waals surface area contributed by atoms with Gasteiger partial charge in [-0.25, -0.2) is 9.68 Å². The molecular formula is C16H27NO2. The summed E-state index contributed by atoms with van der Waals surface area (Å²) in [5.74, 6) is 0.977. The normalized spacial score (nSPS) is 11.4. The van der Waals surface area contributed by atoms with Crippen molar-refractivity contribution in [3.8, 4) is 0 Å². The molecule has 0 aliphatic heterocycles. The Labute approximate surface area is 117 Å². The number of benzene rings is 1. The van der Waals surface area contributed by atoms with E-state index in [1.165, 1.54) is 16.4 Å². The Balaban J connectivity index is 3.15. The molecule has 0 heterocycles. The first-order valence-electron chi connectivity index (χ1n) is 7.20. The first-order chi connectivity index (χ1) is 8.99. The molecule has 19 heavy (non-hydrogen) atoms. The number of nitrogens with zero attached hydrogens (tertiary/aromatic N) is 1. The van der Waals surface area contributed by atoms with Gasteiger partial charge in [-0.15, -0.1) is 5.23 Å². The minimum atomic E-state index is 0.488. The first kappa shape index (κ1) is 16.0. The molecule has 1 aromatic rings. The summed E-state index contributed by atoms with van der Waals surface area (Å²) in [4.78, 5) is 11.1. The molecule has 1 aromatic carbocycles. The summed E-state index contributed by atoms with van der Waals surface area (Å²) in [6, 6.07) is 6.55. The van der Waals surface area contributed by atoms with Crippen molar-refractivity contribution >= 4 is 5.69 Å². The van der Waals surface area contributed by atoms with Crippen LogP contribution in [0.5, 0.6) is 0 Å². The standard InChI is InChI=1S/C16H27NO2/c1-7-18-17(19-8-2)16-10-14(12(3)4)9-15(11-16)13(5)6/h9-13H,7-8H2,1-6H3. The Morgan fingerprint density at radius 3 is 1.58 bits per heavy atom. The van der Waals surface area contributed by atoms with Crippen LogP contribution < -0.4 is 5.23 Å². The topological polar surface area (TPSA) is 21.7 Å². The minimum Gasteiger partial charge on any atom is -0.249 e. The highest BCUT2D eigenvalue weighted by atomic mass is 16.9. The van der Waals surface area contributed by atoms with E-state index in [1.54, 1.807) is 0 Å². The zero-order valence-electron chi connectivity index (χ0n) is 13.1. The zero-order valence-corrected chi connectivity index (χ0v) is 13.1. The van der Waals surface area contributed by atoms with Crippen molar-refractivity contribution in [2.45, 2.75) is 53.4 Å². The summed E-state index contributed by atoms with van der Waals surface area (Å²) in [6.07, 6.45) is 0. The molecule has 0 radical (unpaired) electrons. The average Bonchev–Trinajstić information content (AvgIpc) is 2.37. The number of anilines is 1. The van der Waals surface area contributed by atoms with Crippen molar-refractivity contribution in [1.82, 2.24) is 0 Å². The third-order valence-corrected chi connectivity index (χ3v) is 3.00. The van der Waals surface area contributed by atoms with Crippen LogP contribution in [0.1, 0.15) is 64.5 Å². The fourth-order valence-corrected chi connectivity index (χ4v) is 1.85. The van der Waals surface area contributed by atoms with E-state index in [9.17, 15) is 0 Å². The van der Waals surface area contributed by atoms with Crippen LogP contribution >= 0.6 is 0 Å². The molecule has 0 fully saturated rings. The lowest BCUT2D eigenvalue weighted by Crippen LogP contribution is -2.24. The van der Waals surface area contributed by atoms with Gasteiger partial charge in [0.25, 0.3) is 0 Å². The van der Waals surface area contributed by atoms with Gasteiger partial charge >= 0.3 is 0 Å². The predicted molar refractivity (Wildman–Crippen MR) is 80.4 cm³/mol. The van der Waals surface area contributed by atoms with E-state index >= 15 is 0 Å². The van der Waals surface area contributed by atoms with Crippen LogP contribution in [-0.4, -0.2) is 13.2 Å². The average molecular weight is 265 g/mol. The molecule has 0 bridgehead atoms. The minimum absolute atomic E-state index is 0.488. The van der Waals surface area contributed by atoms with E-state index in [-0.39, 0.29) is 0 Å². The molecule has 3 nitrogen and oxygen atoms in total. The Kier molecular flexibility index (Phi) is 6.32. The fraction of sp³-hybridized carbons (Fsp3) is 0.625. The van der Waals surface area contributed by atoms with Crippen LogP contribution in [0.15, 0.2) is 18.2 Å². The molecule has 0 saturated carbocycles. The van der Waals surface area contributed by atoms with E-state index in [0.717, 1.165) is 5.69 Å². The summed E-state index contributed by atoms with van der Waals surface area (Å²) in [5, 5.41) is 1.54. The van der Waals surface area contributed by atoms with Gasteiger partial charge in [-0.1, -0.05) is 33.8 Å². The van der Waals surface area contributed by atoms with Gasteiger partial charge in [0.05, 0.1) is 18.9 Å². The molecule has 1 rings (SSSR count). The van der Waals surface area contributed by atoms with Crippen molar-refractivity contribution in [3.05, 3.63) is 29.3 Å². The number of hydrogen-bond acceptors (Lipinski definition) is 3. The molecule has 108 valence electrons. The van der Waals surface area contributed by atoms with Crippen LogP contribution in [0.25, 0.3) is 0 Å². The van der Waals surface area contributed by atoms with Gasteiger partial charge in [0.2, 0.25) is 0 Å². The van der Waals surface area contributed by atoms with Crippen molar-refractivity contribution in [3.63, 3.8) is 0 Å². The highest BCUT2D eigenvalue weighted by molar-refractivity contribution is 5.49. The van der Waals surface area contributed by atoms with Crippen LogP contribution in [0.2, 0.25) is 0 Å². The van der Waals surface area contributed by atoms with Gasteiger partial charge in [0.15, 0.2) is 0 Å². The van der Waals surface area contributed by atoms with E-state index in [2.05, 4.69) is 45.9 Å². The van der Waals surface area contributed by atoms with E-state index in [1.807, 2.05) is 13.8 Å². The maximum Gasteiger partial charge on any atom is 0.0953 e. The predicted octanol–water partition coefficient (Wildman–Crippen LogP) is 4.64. The Bertz CT molecular complexity index is 356. The molecule has 0 amide bonds. The van der Waals surface area contributed by atoms with Gasteiger partial charge in [-0.05, 0) is 48.9 Å². The summed E-state index contributed by atoms with van der Waals surface area (Å²) in [7, 11) is 0. The Morgan fingerprint density at radius 1 is 0.842 bits per heavy atom. The van der Waals surface area contributed by atoms with E-state index < -0.39 is 0 Å². The largest absolute Gasteiger partial charge is 0.249 e. The molecule has 0 saturated heterocycles. The lowest BCUT2D eigenvalue weighted by molar-refractivity contribution is -0.0817. The summed E-state index contributed by atoms with van der Waals surface area (Å²) < 4.78 is 0. The molecule has 0 aliphatic carbocycles. The van der Waals surface area contributed by atoms with Crippen LogP contribution in [0, 0.1) is 0 Å². The van der Waals surface area contributed by atoms with Gasteiger partial charge < -0.3 is 0 Å². The maximum absolute atomic E-state index is 5.55. The van der Waals surface area contributed by atoms with Gasteiger partial charge in [0.1, 0.15) is 0 Å². The first-order valence-corrected chi connectivity index (χ1v) is 7.20. The SMILES string of the molecule is CCON(OCC)c1cc(C(C)C)cc(C(C)C)c1. The molecule has 0 aliphatic rings. The second kappa shape index (κ2) is 7.51. The van der Waals surface area contributed by atoms with Crippen LogP contribution in [0.3, 0.4) is 0 Å². The molecule has 3 heteroatoms. The van der Waals surface area contributed by atoms with Gasteiger partial charge in [-0.2, -0.15) is 0 Å². The van der Waals surface area contributed by atoms with Crippen molar-refractivity contribution in [2.75, 3.05) is 18.4 Å². The number of rotatable bonds is 7. The molecule has 0 atom stereocenters. The summed E-state index contributed by atoms with van der Waals surface area (Å²) >= 11 is 0. The molecule has 0 spiro atoms. The number of hydrogen-bond donors (Lipinski definition) is 0. The molecule has 0 aromatic heterocycles. The second-order valence-corrected chi connectivity index (χ2v) is 5.26. The van der Waals surface area contributed by atoms with Crippen LogP contribution in [0.4, 0.5) is 5.69 Å². The van der Waals surface area contributed by atoms with Gasteiger partial charge in [-0.3, -0.25) is 0 Å². The van der Waals surface area contributed by atoms with Crippen molar-refractivity contribution in [1.29, 1.82) is 0 Å². The van der Waals surface area contributed by atoms with E-state index in [0.29, 0.717) is 25.0 Å². The third-order valence-electron chi connectivity index (χ3n) is 3.00. The molecular weight excluding hydrogens is 238 g/mol. The summed E-state index contributed by atoms with van der Waals surface area (Å²) in [6.45, 7) is 13.9. The van der Waals surface area contributed by atoms with Crippen molar-refractivity contribution in [2.24, 2.45) is 0 Å². The van der Waals surface area contributed by atoms with Crippen LogP contribution in [-0.2, 0) is 9.68 Å². The fourth-order valence-electron chi connectivity index (χ4n) is 1.85. The van der Waals surface area contributed by atoms with E-state index in [4.69, 9.17) is 9.68 Å². The highest BCUT2D eigenvalue weighted by Crippen LogP contribution is 2.28.